The van der Waals surface area contributed by atoms with E-state index in [0.29, 0.717) is 5.92 Å². The maximum Gasteiger partial charge on any atom is 0.233 e. The first kappa shape index (κ1) is 8.94. The minimum atomic E-state index is 0.542. The van der Waals surface area contributed by atoms with Crippen LogP contribution in [0.25, 0.3) is 5.95 Å². The van der Waals surface area contributed by atoms with Crippen molar-refractivity contribution in [3.05, 3.63) is 42.5 Å². The molecule has 2 heterocycles. The third kappa shape index (κ3) is 1.66. The van der Waals surface area contributed by atoms with Crippen LogP contribution in [0.3, 0.4) is 0 Å². The van der Waals surface area contributed by atoms with Crippen LogP contribution >= 0.6 is 0 Å². The van der Waals surface area contributed by atoms with Crippen LogP contribution < -0.4 is 0 Å². The molecule has 0 amide bonds. The molecular formula is C11H13N3. The van der Waals surface area contributed by atoms with Crippen molar-refractivity contribution in [2.24, 2.45) is 0 Å². The first-order valence-electron chi connectivity index (χ1n) is 4.72. The number of rotatable bonds is 2. The second kappa shape index (κ2) is 3.62. The number of hydrogen-bond acceptors (Lipinski definition) is 2. The molecule has 2 aromatic rings. The van der Waals surface area contributed by atoms with Gasteiger partial charge in [0.15, 0.2) is 0 Å². The Bertz CT molecular complexity index is 403. The van der Waals surface area contributed by atoms with E-state index in [9.17, 15) is 0 Å². The lowest BCUT2D eigenvalue weighted by atomic mass is 10.1. The van der Waals surface area contributed by atoms with Crippen LogP contribution in [0, 0.1) is 0 Å². The van der Waals surface area contributed by atoms with E-state index in [1.165, 1.54) is 5.56 Å². The van der Waals surface area contributed by atoms with Gasteiger partial charge in [-0.15, -0.1) is 0 Å². The Morgan fingerprint density at radius 2 is 1.93 bits per heavy atom. The van der Waals surface area contributed by atoms with E-state index in [-0.39, 0.29) is 0 Å². The fourth-order valence-electron chi connectivity index (χ4n) is 1.30. The van der Waals surface area contributed by atoms with Crippen LogP contribution in [-0.4, -0.2) is 14.5 Å². The third-order valence-electron chi connectivity index (χ3n) is 2.17. The molecule has 2 rings (SSSR count). The van der Waals surface area contributed by atoms with Crippen molar-refractivity contribution >= 4 is 0 Å². The Hall–Kier alpha value is -1.64. The van der Waals surface area contributed by atoms with Crippen molar-refractivity contribution in [1.29, 1.82) is 0 Å². The molecule has 0 fully saturated rings. The molecule has 0 saturated heterocycles. The molecule has 0 saturated carbocycles. The van der Waals surface area contributed by atoms with E-state index in [0.717, 1.165) is 5.95 Å². The van der Waals surface area contributed by atoms with Crippen molar-refractivity contribution in [1.82, 2.24) is 14.5 Å². The fourth-order valence-corrected chi connectivity index (χ4v) is 1.30. The maximum atomic E-state index is 4.17. The molecule has 0 atom stereocenters. The van der Waals surface area contributed by atoms with Crippen molar-refractivity contribution in [2.45, 2.75) is 19.8 Å². The summed E-state index contributed by atoms with van der Waals surface area (Å²) in [4.78, 5) is 8.35. The molecule has 14 heavy (non-hydrogen) atoms. The van der Waals surface area contributed by atoms with Crippen LogP contribution in [-0.2, 0) is 0 Å². The highest BCUT2D eigenvalue weighted by atomic mass is 15.1. The highest BCUT2D eigenvalue weighted by Gasteiger charge is 2.03. The van der Waals surface area contributed by atoms with Gasteiger partial charge in [-0.3, -0.25) is 4.57 Å². The molecule has 0 aromatic carbocycles. The smallest absolute Gasteiger partial charge is 0.233 e. The van der Waals surface area contributed by atoms with E-state index >= 15 is 0 Å². The van der Waals surface area contributed by atoms with Crippen molar-refractivity contribution in [2.75, 3.05) is 0 Å². The zero-order chi connectivity index (χ0) is 9.97. The Labute approximate surface area is 83.4 Å². The summed E-state index contributed by atoms with van der Waals surface area (Å²) < 4.78 is 1.94. The highest BCUT2D eigenvalue weighted by Crippen LogP contribution is 2.15. The Kier molecular flexibility index (Phi) is 2.31. The molecule has 0 bridgehead atoms. The second-order valence-corrected chi connectivity index (χ2v) is 3.56. The van der Waals surface area contributed by atoms with E-state index in [2.05, 4.69) is 36.1 Å². The lowest BCUT2D eigenvalue weighted by Crippen LogP contribution is -1.96. The van der Waals surface area contributed by atoms with Crippen LogP contribution in [0.15, 0.2) is 36.9 Å². The van der Waals surface area contributed by atoms with Gasteiger partial charge >= 0.3 is 0 Å². The summed E-state index contributed by atoms with van der Waals surface area (Å²) in [5, 5.41) is 0. The Balaban J connectivity index is 2.34. The van der Waals surface area contributed by atoms with Crippen LogP contribution in [0.1, 0.15) is 25.3 Å². The monoisotopic (exact) mass is 187 g/mol. The molecule has 72 valence electrons. The average molecular weight is 187 g/mol. The van der Waals surface area contributed by atoms with Crippen LogP contribution in [0.5, 0.6) is 0 Å². The van der Waals surface area contributed by atoms with Gasteiger partial charge in [-0.25, -0.2) is 9.97 Å². The highest BCUT2D eigenvalue weighted by molar-refractivity contribution is 5.21. The zero-order valence-corrected chi connectivity index (χ0v) is 8.38. The topological polar surface area (TPSA) is 30.7 Å². The summed E-state index contributed by atoms with van der Waals surface area (Å²) in [6.45, 7) is 4.34. The summed E-state index contributed by atoms with van der Waals surface area (Å²) in [6, 6.07) is 3.91. The van der Waals surface area contributed by atoms with Gasteiger partial charge < -0.3 is 0 Å². The minimum absolute atomic E-state index is 0.542. The Morgan fingerprint density at radius 3 is 2.50 bits per heavy atom. The number of aromatic nitrogens is 3. The predicted molar refractivity (Wildman–Crippen MR) is 55.4 cm³/mol. The summed E-state index contributed by atoms with van der Waals surface area (Å²) in [5.74, 6) is 1.26. The Morgan fingerprint density at radius 1 is 1.21 bits per heavy atom. The van der Waals surface area contributed by atoms with Crippen molar-refractivity contribution in [3.8, 4) is 5.95 Å². The lowest BCUT2D eigenvalue weighted by molar-refractivity contribution is 0.856. The third-order valence-corrected chi connectivity index (χ3v) is 2.17. The predicted octanol–water partition coefficient (Wildman–Crippen LogP) is 2.39. The average Bonchev–Trinajstić information content (AvgIpc) is 2.68. The second-order valence-electron chi connectivity index (χ2n) is 3.56. The first-order valence-corrected chi connectivity index (χ1v) is 4.72. The van der Waals surface area contributed by atoms with Gasteiger partial charge in [0.25, 0.3) is 0 Å². The molecule has 0 spiro atoms. The molecule has 3 heteroatoms. The molecule has 0 unspecified atom stereocenters. The molecule has 0 aliphatic rings. The van der Waals surface area contributed by atoms with E-state index in [4.69, 9.17) is 0 Å². The van der Waals surface area contributed by atoms with Crippen molar-refractivity contribution in [3.63, 3.8) is 0 Å². The van der Waals surface area contributed by atoms with Gasteiger partial charge in [0.2, 0.25) is 5.95 Å². The standard InChI is InChI=1S/C11H13N3/c1-9(2)10-4-7-14(8-10)11-12-5-3-6-13-11/h3-9H,1-2H3. The van der Waals surface area contributed by atoms with Gasteiger partial charge in [0.05, 0.1) is 0 Å². The molecular weight excluding hydrogens is 174 g/mol. The lowest BCUT2D eigenvalue weighted by Gasteiger charge is -2.00. The maximum absolute atomic E-state index is 4.17. The molecule has 0 aliphatic carbocycles. The van der Waals surface area contributed by atoms with E-state index in [1.807, 2.05) is 16.8 Å². The van der Waals surface area contributed by atoms with Crippen molar-refractivity contribution < 1.29 is 0 Å². The van der Waals surface area contributed by atoms with Gasteiger partial charge in [-0.1, -0.05) is 13.8 Å². The van der Waals surface area contributed by atoms with Gasteiger partial charge in [-0.05, 0) is 23.6 Å². The van der Waals surface area contributed by atoms with E-state index < -0.39 is 0 Å². The SMILES string of the molecule is CC(C)c1ccn(-c2ncccn2)c1. The largest absolute Gasteiger partial charge is 0.292 e. The van der Waals surface area contributed by atoms with Crippen LogP contribution in [0.2, 0.25) is 0 Å². The summed E-state index contributed by atoms with van der Waals surface area (Å²) in [6.07, 6.45) is 7.55. The van der Waals surface area contributed by atoms with Crippen LogP contribution in [0.4, 0.5) is 0 Å². The first-order chi connectivity index (χ1) is 6.77. The molecule has 0 N–H and O–H groups in total. The normalized spacial score (nSPS) is 10.8. The molecule has 3 nitrogen and oxygen atoms in total. The quantitative estimate of drug-likeness (QED) is 0.722. The number of nitrogens with zero attached hydrogens (tertiary/aromatic N) is 3. The fraction of sp³-hybridized carbons (Fsp3) is 0.273. The summed E-state index contributed by atoms with van der Waals surface area (Å²) >= 11 is 0. The minimum Gasteiger partial charge on any atom is -0.292 e. The molecule has 0 aliphatic heterocycles. The summed E-state index contributed by atoms with van der Waals surface area (Å²) in [5.41, 5.74) is 1.30. The number of hydrogen-bond donors (Lipinski definition) is 0. The van der Waals surface area contributed by atoms with Gasteiger partial charge in [-0.2, -0.15) is 0 Å². The summed E-state index contributed by atoms with van der Waals surface area (Å²) in [7, 11) is 0. The van der Waals surface area contributed by atoms with E-state index in [1.54, 1.807) is 12.4 Å². The molecule has 0 radical (unpaired) electrons. The van der Waals surface area contributed by atoms with Gasteiger partial charge in [0, 0.05) is 24.8 Å². The zero-order valence-electron chi connectivity index (χ0n) is 8.38. The molecule has 2 aromatic heterocycles. The van der Waals surface area contributed by atoms with Gasteiger partial charge in [0.1, 0.15) is 0 Å².